The summed E-state index contributed by atoms with van der Waals surface area (Å²) in [5, 5.41) is 6.04. The van der Waals surface area contributed by atoms with E-state index in [1.807, 2.05) is 60.7 Å². The number of hydrogen-bond donors (Lipinski definition) is 2. The third-order valence-electron chi connectivity index (χ3n) is 11.4. The van der Waals surface area contributed by atoms with Crippen LogP contribution in [0.5, 0.6) is 0 Å². The third kappa shape index (κ3) is 7.14. The molecule has 48 heavy (non-hydrogen) atoms. The van der Waals surface area contributed by atoms with Crippen molar-refractivity contribution in [1.82, 2.24) is 15.5 Å². The van der Waals surface area contributed by atoms with E-state index < -0.39 is 30.9 Å². The molecule has 2 aromatic carbocycles. The molecule has 5 fully saturated rings. The summed E-state index contributed by atoms with van der Waals surface area (Å²) < 4.78 is 24.1. The van der Waals surface area contributed by atoms with Crippen molar-refractivity contribution >= 4 is 25.0 Å². The molecule has 2 aromatic rings. The Bertz CT molecular complexity index is 1430. The van der Waals surface area contributed by atoms with Gasteiger partial charge in [0.2, 0.25) is 11.8 Å². The first-order valence-electron chi connectivity index (χ1n) is 17.5. The Morgan fingerprint density at radius 2 is 1.71 bits per heavy atom. The molecule has 2 aliphatic heterocycles. The van der Waals surface area contributed by atoms with E-state index in [-0.39, 0.29) is 42.3 Å². The molecule has 3 aliphatic carbocycles. The Morgan fingerprint density at radius 1 is 1.00 bits per heavy atom. The van der Waals surface area contributed by atoms with Gasteiger partial charge < -0.3 is 34.3 Å². The van der Waals surface area contributed by atoms with E-state index in [1.54, 1.807) is 12.0 Å². The first-order valence-corrected chi connectivity index (χ1v) is 17.5. The molecule has 0 unspecified atom stereocenters. The lowest BCUT2D eigenvalue weighted by molar-refractivity contribution is -0.199. The molecule has 10 nitrogen and oxygen atoms in total. The number of carbonyl (C=O) groups is 3. The average Bonchev–Trinajstić information content (AvgIpc) is 3.72. The van der Waals surface area contributed by atoms with Crippen molar-refractivity contribution in [3.8, 4) is 0 Å². The standard InChI is InChI=1S/C37H50BN3O7/c1-36(2)27-22-30(36)37(3)31(23-27)47-38(48-37)32(18-12-20-45-4)40-33(42)29-17-11-19-41(29)34(43)28(21-25-13-7-5-8-14-25)39-35(44)46-24-26-15-9-6-10-16-26/h5-10,13-16,27-32H,11-12,17-24H2,1-4H3,(H,39,44)(H,40,42)/t27-,28+,29-,30-,31+,32+,37-/m0/s1. The summed E-state index contributed by atoms with van der Waals surface area (Å²) in [7, 11) is 1.09. The van der Waals surface area contributed by atoms with Crippen LogP contribution >= 0.6 is 0 Å². The Kier molecular flexibility index (Phi) is 10.5. The highest BCUT2D eigenvalue weighted by Crippen LogP contribution is 2.65. The number of alkyl carbamates (subject to hydrolysis) is 1. The minimum Gasteiger partial charge on any atom is -0.445 e. The van der Waals surface area contributed by atoms with E-state index in [1.165, 1.54) is 0 Å². The van der Waals surface area contributed by atoms with Crippen molar-refractivity contribution in [3.05, 3.63) is 71.8 Å². The first kappa shape index (κ1) is 34.5. The van der Waals surface area contributed by atoms with Crippen molar-refractivity contribution in [2.75, 3.05) is 20.3 Å². The maximum absolute atomic E-state index is 14.2. The number of amides is 3. The Hall–Kier alpha value is -3.41. The SMILES string of the molecule is COCCC[C@@H](NC(=O)[C@@H]1CCCN1C(=O)[C@@H](Cc1ccccc1)NC(=O)OCc1ccccc1)B1O[C@@H]2C[C@@H]3C[C@@H](C3(C)C)[C@]2(C)O1. The van der Waals surface area contributed by atoms with Crippen molar-refractivity contribution in [1.29, 1.82) is 0 Å². The highest BCUT2D eigenvalue weighted by atomic mass is 16.7. The predicted octanol–water partition coefficient (Wildman–Crippen LogP) is 4.69. The lowest BCUT2D eigenvalue weighted by Crippen LogP contribution is -2.65. The average molecular weight is 660 g/mol. The van der Waals surface area contributed by atoms with Crippen LogP contribution in [0.2, 0.25) is 0 Å². The molecule has 0 radical (unpaired) electrons. The normalized spacial score (nSPS) is 28.2. The van der Waals surface area contributed by atoms with Gasteiger partial charge in [-0.2, -0.15) is 0 Å². The first-order chi connectivity index (χ1) is 23.1. The van der Waals surface area contributed by atoms with E-state index in [0.717, 1.165) is 30.4 Å². The number of rotatable bonds is 13. The van der Waals surface area contributed by atoms with Crippen LogP contribution in [0.3, 0.4) is 0 Å². The number of nitrogens with one attached hydrogen (secondary N) is 2. The molecule has 2 saturated heterocycles. The number of hydrogen-bond acceptors (Lipinski definition) is 7. The van der Waals surface area contributed by atoms with Gasteiger partial charge in [0.1, 0.15) is 18.7 Å². The molecule has 3 saturated carbocycles. The molecule has 3 amide bonds. The minimum atomic E-state index is -0.902. The predicted molar refractivity (Wildman–Crippen MR) is 182 cm³/mol. The molecular formula is C37H50BN3O7. The van der Waals surface area contributed by atoms with Gasteiger partial charge in [-0.3, -0.25) is 9.59 Å². The van der Waals surface area contributed by atoms with E-state index >= 15 is 0 Å². The van der Waals surface area contributed by atoms with Crippen molar-refractivity contribution in [2.45, 2.75) is 102 Å². The molecule has 7 rings (SSSR count). The Labute approximate surface area is 284 Å². The second kappa shape index (κ2) is 14.6. The van der Waals surface area contributed by atoms with Gasteiger partial charge in [0.15, 0.2) is 0 Å². The zero-order valence-corrected chi connectivity index (χ0v) is 28.7. The van der Waals surface area contributed by atoms with Crippen LogP contribution < -0.4 is 10.6 Å². The second-order valence-electron chi connectivity index (χ2n) is 14.7. The lowest BCUT2D eigenvalue weighted by atomic mass is 9.43. The number of benzene rings is 2. The molecular weight excluding hydrogens is 609 g/mol. The molecule has 2 bridgehead atoms. The zero-order valence-electron chi connectivity index (χ0n) is 28.7. The van der Waals surface area contributed by atoms with E-state index in [9.17, 15) is 14.4 Å². The summed E-state index contributed by atoms with van der Waals surface area (Å²) in [5.41, 5.74) is 1.55. The van der Waals surface area contributed by atoms with Crippen LogP contribution in [0.25, 0.3) is 0 Å². The Balaban J connectivity index is 1.14. The van der Waals surface area contributed by atoms with Gasteiger partial charge in [-0.1, -0.05) is 74.5 Å². The summed E-state index contributed by atoms with van der Waals surface area (Å²) in [6.45, 7) is 7.90. The van der Waals surface area contributed by atoms with Gasteiger partial charge in [-0.15, -0.1) is 0 Å². The quantitative estimate of drug-likeness (QED) is 0.237. The van der Waals surface area contributed by atoms with Gasteiger partial charge in [0.05, 0.1) is 17.6 Å². The fourth-order valence-electron chi connectivity index (χ4n) is 8.53. The fourth-order valence-corrected chi connectivity index (χ4v) is 8.53. The Morgan fingerprint density at radius 3 is 2.40 bits per heavy atom. The van der Waals surface area contributed by atoms with Crippen LogP contribution in [0, 0.1) is 17.3 Å². The van der Waals surface area contributed by atoms with Crippen LogP contribution in [0.15, 0.2) is 60.7 Å². The summed E-state index contributed by atoms with van der Waals surface area (Å²) in [5.74, 6) is 0.100. The number of ether oxygens (including phenoxy) is 2. The van der Waals surface area contributed by atoms with Crippen LogP contribution in [0.1, 0.15) is 70.4 Å². The smallest absolute Gasteiger partial charge is 0.445 e. The molecule has 258 valence electrons. The summed E-state index contributed by atoms with van der Waals surface area (Å²) in [6.07, 6.45) is 4.26. The van der Waals surface area contributed by atoms with Crippen LogP contribution in [-0.2, 0) is 41.4 Å². The van der Waals surface area contributed by atoms with Gasteiger partial charge in [-0.25, -0.2) is 4.79 Å². The number of likely N-dealkylation sites (tertiary alicyclic amines) is 1. The highest BCUT2D eigenvalue weighted by molar-refractivity contribution is 6.47. The second-order valence-corrected chi connectivity index (χ2v) is 14.7. The summed E-state index contributed by atoms with van der Waals surface area (Å²) in [6, 6.07) is 17.3. The van der Waals surface area contributed by atoms with Gasteiger partial charge in [0.25, 0.3) is 0 Å². The zero-order chi connectivity index (χ0) is 33.9. The molecule has 7 atom stereocenters. The van der Waals surface area contributed by atoms with Crippen LogP contribution in [-0.4, -0.2) is 79.9 Å². The minimum absolute atomic E-state index is 0.00266. The summed E-state index contributed by atoms with van der Waals surface area (Å²) >= 11 is 0. The van der Waals surface area contributed by atoms with Crippen molar-refractivity contribution < 1.29 is 33.2 Å². The highest BCUT2D eigenvalue weighted by Gasteiger charge is 2.68. The van der Waals surface area contributed by atoms with E-state index in [4.69, 9.17) is 18.8 Å². The van der Waals surface area contributed by atoms with Gasteiger partial charge in [-0.05, 0) is 73.8 Å². The van der Waals surface area contributed by atoms with Crippen molar-refractivity contribution in [3.63, 3.8) is 0 Å². The number of nitrogens with zero attached hydrogens (tertiary/aromatic N) is 1. The monoisotopic (exact) mass is 659 g/mol. The maximum atomic E-state index is 14.2. The molecule has 5 aliphatic rings. The molecule has 11 heteroatoms. The third-order valence-corrected chi connectivity index (χ3v) is 11.4. The maximum Gasteiger partial charge on any atom is 0.481 e. The molecule has 2 N–H and O–H groups in total. The molecule has 2 heterocycles. The lowest BCUT2D eigenvalue weighted by Gasteiger charge is -2.64. The van der Waals surface area contributed by atoms with E-state index in [2.05, 4.69) is 31.4 Å². The number of carbonyl (C=O) groups excluding carboxylic acids is 3. The molecule has 0 spiro atoms. The molecule has 0 aromatic heterocycles. The van der Waals surface area contributed by atoms with Crippen molar-refractivity contribution in [2.24, 2.45) is 17.3 Å². The summed E-state index contributed by atoms with van der Waals surface area (Å²) in [4.78, 5) is 42.7. The largest absolute Gasteiger partial charge is 0.481 e. The van der Waals surface area contributed by atoms with Gasteiger partial charge >= 0.3 is 13.2 Å². The van der Waals surface area contributed by atoms with Gasteiger partial charge in [0, 0.05) is 26.7 Å². The topological polar surface area (TPSA) is 115 Å². The number of methoxy groups -OCH3 is 1. The van der Waals surface area contributed by atoms with E-state index in [0.29, 0.717) is 44.2 Å². The fraction of sp³-hybridized carbons (Fsp3) is 0.595. The van der Waals surface area contributed by atoms with Crippen LogP contribution in [0.4, 0.5) is 4.79 Å².